The molecule has 0 fully saturated rings. The summed E-state index contributed by atoms with van der Waals surface area (Å²) in [5.41, 5.74) is 10.3. The van der Waals surface area contributed by atoms with Crippen molar-refractivity contribution in [3.05, 3.63) is 205 Å². The van der Waals surface area contributed by atoms with Gasteiger partial charge in [0.05, 0.1) is 5.69 Å². The minimum Gasteiger partial charge on any atom is -0.291 e. The highest BCUT2D eigenvalue weighted by Crippen LogP contribution is 2.63. The second-order valence-corrected chi connectivity index (χ2v) is 16.6. The molecule has 3 atom stereocenters. The number of anilines is 2. The lowest BCUT2D eigenvalue weighted by molar-refractivity contribution is 0.567. The summed E-state index contributed by atoms with van der Waals surface area (Å²) in [6.45, 7) is 2.27. The smallest absolute Gasteiger partial charge is 0.242 e. The van der Waals surface area contributed by atoms with Crippen LogP contribution in [-0.2, 0) is 4.57 Å². The van der Waals surface area contributed by atoms with Gasteiger partial charge in [0.1, 0.15) is 0 Å². The molecule has 55 heavy (non-hydrogen) atoms. The summed E-state index contributed by atoms with van der Waals surface area (Å²) in [6.07, 6.45) is 0.309. The first kappa shape index (κ1) is 34.4. The Morgan fingerprint density at radius 1 is 0.491 bits per heavy atom. The van der Waals surface area contributed by atoms with Crippen molar-refractivity contribution in [3.63, 3.8) is 0 Å². The van der Waals surface area contributed by atoms with Crippen LogP contribution in [0, 0.1) is 0 Å². The van der Waals surface area contributed by atoms with Crippen LogP contribution >= 0.6 is 7.29 Å². The van der Waals surface area contributed by atoms with Gasteiger partial charge >= 0.3 is 0 Å². The summed E-state index contributed by atoms with van der Waals surface area (Å²) >= 11 is 0. The van der Waals surface area contributed by atoms with Crippen molar-refractivity contribution in [1.82, 2.24) is 15.0 Å². The van der Waals surface area contributed by atoms with Crippen molar-refractivity contribution in [1.29, 1.82) is 0 Å². The Kier molecular flexibility index (Phi) is 9.23. The van der Waals surface area contributed by atoms with E-state index in [9.17, 15) is 0 Å². The van der Waals surface area contributed by atoms with E-state index in [0.717, 1.165) is 55.9 Å². The number of nitrogens with zero attached hydrogens (tertiary/aromatic N) is 4. The fraction of sp³-hybridized carbons (Fsp3) is 0.0816. The van der Waals surface area contributed by atoms with E-state index in [0.29, 0.717) is 23.4 Å². The second-order valence-electron chi connectivity index (χ2n) is 14.1. The SMILES string of the molecule is CC1c2ccccc2N(c2cccc(-c3ccccc3)c2)P(=O)(c2nc(-c3ccccc3)nc(-c3ccccc3)n2)CC1c1cccc(-c2ccccc2)c1. The summed E-state index contributed by atoms with van der Waals surface area (Å²) < 4.78 is 19.1. The summed E-state index contributed by atoms with van der Waals surface area (Å²) in [4.78, 5) is 15.4. The Morgan fingerprint density at radius 2 is 0.964 bits per heavy atom. The molecule has 5 nitrogen and oxygen atoms in total. The maximum Gasteiger partial charge on any atom is 0.242 e. The summed E-state index contributed by atoms with van der Waals surface area (Å²) in [7, 11) is -3.75. The summed E-state index contributed by atoms with van der Waals surface area (Å²) in [5, 5.41) is 0. The molecule has 3 unspecified atom stereocenters. The van der Waals surface area contributed by atoms with E-state index < -0.39 is 7.29 Å². The van der Waals surface area contributed by atoms with Gasteiger partial charge in [-0.25, -0.2) is 15.0 Å². The van der Waals surface area contributed by atoms with E-state index in [-0.39, 0.29) is 11.8 Å². The molecule has 6 heteroatoms. The van der Waals surface area contributed by atoms with Gasteiger partial charge < -0.3 is 0 Å². The Bertz CT molecular complexity index is 2580. The minimum atomic E-state index is -3.75. The van der Waals surface area contributed by atoms with Crippen LogP contribution in [-0.4, -0.2) is 21.1 Å². The van der Waals surface area contributed by atoms with Crippen molar-refractivity contribution in [2.45, 2.75) is 18.8 Å². The van der Waals surface area contributed by atoms with Crippen LogP contribution in [0.4, 0.5) is 11.4 Å². The average molecular weight is 731 g/mol. The highest BCUT2D eigenvalue weighted by molar-refractivity contribution is 7.73. The number of benzene rings is 7. The maximum absolute atomic E-state index is 17.0. The topological polar surface area (TPSA) is 59.0 Å². The van der Waals surface area contributed by atoms with Crippen molar-refractivity contribution in [2.24, 2.45) is 0 Å². The molecule has 0 radical (unpaired) electrons. The molecule has 0 N–H and O–H groups in total. The third-order valence-electron chi connectivity index (χ3n) is 10.6. The van der Waals surface area contributed by atoms with Crippen LogP contribution in [0.5, 0.6) is 0 Å². The lowest BCUT2D eigenvalue weighted by Gasteiger charge is -2.33. The zero-order valence-electron chi connectivity index (χ0n) is 30.5. The molecular formula is C49H39N4OP. The standard InChI is InChI=1S/C49H39N4OP/c1-35-44-30-14-15-31-46(44)53(43-29-17-27-41(33-43)37-20-8-3-9-21-37)55(54,34-45(35)42-28-16-26-40(32-42)36-18-6-2-7-19-36)49-51-47(38-22-10-4-11-23-38)50-48(52-49)39-24-12-5-13-25-39/h2-33,35,45H,34H2,1H3. The monoisotopic (exact) mass is 730 g/mol. The fourth-order valence-electron chi connectivity index (χ4n) is 7.83. The van der Waals surface area contributed by atoms with Crippen LogP contribution in [0.25, 0.3) is 45.0 Å². The molecule has 0 bridgehead atoms. The van der Waals surface area contributed by atoms with E-state index in [4.69, 9.17) is 15.0 Å². The van der Waals surface area contributed by atoms with Gasteiger partial charge in [0.25, 0.3) is 0 Å². The molecule has 0 saturated heterocycles. The summed E-state index contributed by atoms with van der Waals surface area (Å²) in [6, 6.07) is 66.1. The van der Waals surface area contributed by atoms with E-state index in [1.807, 2.05) is 91.0 Å². The molecular weight excluding hydrogens is 692 g/mol. The molecule has 7 aromatic carbocycles. The van der Waals surface area contributed by atoms with Gasteiger partial charge in [0.2, 0.25) is 12.9 Å². The fourth-order valence-corrected chi connectivity index (χ4v) is 10.9. The molecule has 0 aliphatic carbocycles. The van der Waals surface area contributed by atoms with Gasteiger partial charge in [-0.2, -0.15) is 0 Å². The number of aromatic nitrogens is 3. The molecule has 1 aliphatic rings. The predicted octanol–water partition coefficient (Wildman–Crippen LogP) is 12.2. The van der Waals surface area contributed by atoms with Gasteiger partial charge in [0.15, 0.2) is 11.6 Å². The third-order valence-corrected chi connectivity index (χ3v) is 13.5. The number of rotatable bonds is 7. The number of hydrogen-bond donors (Lipinski definition) is 0. The van der Waals surface area contributed by atoms with Crippen molar-refractivity contribution in [2.75, 3.05) is 10.8 Å². The first-order chi connectivity index (χ1) is 27.0. The Hall–Kier alpha value is -6.42. The lowest BCUT2D eigenvalue weighted by Crippen LogP contribution is -2.30. The summed E-state index contributed by atoms with van der Waals surface area (Å²) in [5.74, 6) is 0.869. The highest BCUT2D eigenvalue weighted by atomic mass is 31.2. The molecule has 9 rings (SSSR count). The Labute approximate surface area is 322 Å². The number of hydrogen-bond acceptors (Lipinski definition) is 4. The van der Waals surface area contributed by atoms with Crippen molar-refractivity contribution >= 4 is 24.2 Å². The van der Waals surface area contributed by atoms with Crippen molar-refractivity contribution < 1.29 is 4.57 Å². The van der Waals surface area contributed by atoms with Gasteiger partial charge in [-0.1, -0.05) is 183 Å². The molecule has 8 aromatic rings. The average Bonchev–Trinajstić information content (AvgIpc) is 3.37. The molecule has 0 amide bonds. The van der Waals surface area contributed by atoms with E-state index >= 15 is 4.57 Å². The molecule has 0 spiro atoms. The van der Waals surface area contributed by atoms with Crippen molar-refractivity contribution in [3.8, 4) is 45.0 Å². The Balaban J connectivity index is 1.31. The molecule has 2 heterocycles. The third kappa shape index (κ3) is 6.69. The lowest BCUT2D eigenvalue weighted by atomic mass is 9.82. The van der Waals surface area contributed by atoms with Gasteiger partial charge in [-0.05, 0) is 63.4 Å². The first-order valence-electron chi connectivity index (χ1n) is 18.7. The van der Waals surface area contributed by atoms with E-state index in [2.05, 4.69) is 115 Å². The van der Waals surface area contributed by atoms with Crippen LogP contribution < -0.4 is 10.2 Å². The van der Waals surface area contributed by atoms with Gasteiger partial charge in [-0.3, -0.25) is 9.24 Å². The van der Waals surface area contributed by atoms with Crippen LogP contribution in [0.1, 0.15) is 29.9 Å². The Morgan fingerprint density at radius 3 is 1.55 bits per heavy atom. The van der Waals surface area contributed by atoms with Gasteiger partial charge in [-0.15, -0.1) is 0 Å². The normalized spacial score (nSPS) is 17.9. The highest BCUT2D eigenvalue weighted by Gasteiger charge is 2.46. The van der Waals surface area contributed by atoms with Crippen LogP contribution in [0.15, 0.2) is 194 Å². The molecule has 0 saturated carbocycles. The second kappa shape index (κ2) is 14.8. The molecule has 1 aromatic heterocycles. The molecule has 266 valence electrons. The number of para-hydroxylation sites is 1. The largest absolute Gasteiger partial charge is 0.291 e. The maximum atomic E-state index is 17.0. The van der Waals surface area contributed by atoms with Crippen LogP contribution in [0.3, 0.4) is 0 Å². The predicted molar refractivity (Wildman–Crippen MR) is 226 cm³/mol. The van der Waals surface area contributed by atoms with Gasteiger partial charge in [0, 0.05) is 23.0 Å². The zero-order valence-corrected chi connectivity index (χ0v) is 31.4. The number of fused-ring (bicyclic) bond motifs is 1. The van der Waals surface area contributed by atoms with E-state index in [1.165, 1.54) is 0 Å². The molecule has 1 aliphatic heterocycles. The zero-order chi connectivity index (χ0) is 37.2. The first-order valence-corrected chi connectivity index (χ1v) is 20.6. The minimum absolute atomic E-state index is 0.0156. The quantitative estimate of drug-likeness (QED) is 0.153. The van der Waals surface area contributed by atoms with E-state index in [1.54, 1.807) is 0 Å². The van der Waals surface area contributed by atoms with Crippen LogP contribution in [0.2, 0.25) is 0 Å².